The van der Waals surface area contributed by atoms with Gasteiger partial charge in [0.05, 0.1) is 0 Å². The van der Waals surface area contributed by atoms with Gasteiger partial charge in [-0.05, 0) is 57.5 Å². The molecule has 0 unspecified atom stereocenters. The number of hydrogen-bond acceptors (Lipinski definition) is 5. The number of unbranched alkanes of at least 4 members (excludes halogenated alkanes) is 1. The Hall–Kier alpha value is -2.63. The van der Waals surface area contributed by atoms with Crippen molar-refractivity contribution in [3.05, 3.63) is 41.7 Å². The zero-order chi connectivity index (χ0) is 19.8. The maximum Gasteiger partial charge on any atom is 0.274 e. The fraction of sp³-hybridized carbons (Fsp3) is 0.476. The van der Waals surface area contributed by atoms with Crippen LogP contribution in [0.15, 0.2) is 30.3 Å². The average Bonchev–Trinajstić information content (AvgIpc) is 2.67. The number of amides is 1. The minimum Gasteiger partial charge on any atom is -0.372 e. The summed E-state index contributed by atoms with van der Waals surface area (Å²) in [4.78, 5) is 25.8. The fourth-order valence-electron chi connectivity index (χ4n) is 2.87. The van der Waals surface area contributed by atoms with Crippen LogP contribution >= 0.6 is 0 Å². The lowest BCUT2D eigenvalue weighted by atomic mass is 10.2. The van der Waals surface area contributed by atoms with Gasteiger partial charge in [0.25, 0.3) is 5.91 Å². The van der Waals surface area contributed by atoms with Crippen LogP contribution in [0.1, 0.15) is 49.8 Å². The summed E-state index contributed by atoms with van der Waals surface area (Å²) in [5.41, 5.74) is 3.07. The molecule has 0 saturated heterocycles. The predicted molar refractivity (Wildman–Crippen MR) is 113 cm³/mol. The van der Waals surface area contributed by atoms with E-state index >= 15 is 0 Å². The van der Waals surface area contributed by atoms with Crippen molar-refractivity contribution in [3.8, 4) is 0 Å². The van der Waals surface area contributed by atoms with Gasteiger partial charge in [-0.15, -0.1) is 0 Å². The van der Waals surface area contributed by atoms with Crippen LogP contribution in [-0.4, -0.2) is 42.6 Å². The molecule has 0 fully saturated rings. The number of carbonyl (C=O) groups is 1. The molecule has 2 aromatic rings. The molecular weight excluding hydrogens is 338 g/mol. The summed E-state index contributed by atoms with van der Waals surface area (Å²) in [7, 11) is 1.96. The van der Waals surface area contributed by atoms with Crippen molar-refractivity contribution in [2.24, 2.45) is 0 Å². The van der Waals surface area contributed by atoms with Gasteiger partial charge in [0.1, 0.15) is 5.69 Å². The Morgan fingerprint density at radius 1 is 1.07 bits per heavy atom. The maximum atomic E-state index is 12.7. The first-order valence-electron chi connectivity index (χ1n) is 9.71. The second-order valence-electron chi connectivity index (χ2n) is 6.64. The highest BCUT2D eigenvalue weighted by Crippen LogP contribution is 2.18. The molecule has 0 aliphatic heterocycles. The number of aryl methyl sites for hydroxylation is 1. The third-order valence-electron chi connectivity index (χ3n) is 4.52. The van der Waals surface area contributed by atoms with E-state index in [1.807, 2.05) is 43.1 Å². The molecule has 1 N–H and O–H groups in total. The predicted octanol–water partition coefficient (Wildman–Crippen LogP) is 4.12. The van der Waals surface area contributed by atoms with Crippen molar-refractivity contribution in [2.75, 3.05) is 41.8 Å². The molecule has 1 amide bonds. The van der Waals surface area contributed by atoms with E-state index in [9.17, 15) is 4.79 Å². The highest BCUT2D eigenvalue weighted by Gasteiger charge is 2.13. The number of aromatic nitrogens is 2. The third-order valence-corrected chi connectivity index (χ3v) is 4.52. The Kier molecular flexibility index (Phi) is 7.58. The van der Waals surface area contributed by atoms with Crippen molar-refractivity contribution in [1.82, 2.24) is 9.97 Å². The van der Waals surface area contributed by atoms with Crippen LogP contribution in [0.25, 0.3) is 0 Å². The van der Waals surface area contributed by atoms with Crippen molar-refractivity contribution in [1.29, 1.82) is 0 Å². The van der Waals surface area contributed by atoms with Crippen molar-refractivity contribution in [2.45, 2.75) is 40.5 Å². The van der Waals surface area contributed by atoms with Gasteiger partial charge in [0, 0.05) is 43.8 Å². The van der Waals surface area contributed by atoms with E-state index in [0.29, 0.717) is 11.6 Å². The molecule has 1 aromatic heterocycles. The molecule has 0 bridgehead atoms. The number of benzene rings is 1. The molecule has 0 saturated carbocycles. The molecule has 146 valence electrons. The number of carbonyl (C=O) groups excluding carboxylic acids is 1. The Bertz CT molecular complexity index is 741. The highest BCUT2D eigenvalue weighted by molar-refractivity contribution is 6.03. The lowest BCUT2D eigenvalue weighted by molar-refractivity contribution is 0.102. The van der Waals surface area contributed by atoms with Gasteiger partial charge in [0.15, 0.2) is 0 Å². The molecule has 0 spiro atoms. The Balaban J connectivity index is 2.12. The second kappa shape index (κ2) is 9.90. The summed E-state index contributed by atoms with van der Waals surface area (Å²) in [6, 6.07) is 9.62. The van der Waals surface area contributed by atoms with Crippen LogP contribution in [0.5, 0.6) is 0 Å². The fourth-order valence-corrected chi connectivity index (χ4v) is 2.87. The van der Waals surface area contributed by atoms with E-state index in [2.05, 4.69) is 41.0 Å². The van der Waals surface area contributed by atoms with Gasteiger partial charge >= 0.3 is 0 Å². The summed E-state index contributed by atoms with van der Waals surface area (Å²) >= 11 is 0. The van der Waals surface area contributed by atoms with Crippen LogP contribution in [0.3, 0.4) is 0 Å². The lowest BCUT2D eigenvalue weighted by Gasteiger charge is -2.21. The van der Waals surface area contributed by atoms with E-state index in [0.717, 1.165) is 49.5 Å². The minimum atomic E-state index is -0.221. The maximum absolute atomic E-state index is 12.7. The van der Waals surface area contributed by atoms with E-state index < -0.39 is 0 Å². The standard InChI is InChI=1S/C21H31N5O/c1-6-9-14-25(5)21-22-16(4)15-19(24-21)20(27)23-17-10-12-18(13-11-17)26(7-2)8-3/h10-13,15H,6-9,14H2,1-5H3,(H,23,27). The van der Waals surface area contributed by atoms with E-state index in [1.54, 1.807) is 6.07 Å². The van der Waals surface area contributed by atoms with Gasteiger partial charge in [-0.2, -0.15) is 0 Å². The number of hydrogen-bond donors (Lipinski definition) is 1. The number of nitrogens with one attached hydrogen (secondary N) is 1. The third kappa shape index (κ3) is 5.67. The topological polar surface area (TPSA) is 61.4 Å². The first kappa shape index (κ1) is 20.7. The molecule has 1 aromatic carbocycles. The molecule has 6 heteroatoms. The Morgan fingerprint density at radius 2 is 1.74 bits per heavy atom. The smallest absolute Gasteiger partial charge is 0.274 e. The van der Waals surface area contributed by atoms with Gasteiger partial charge in [-0.1, -0.05) is 13.3 Å². The molecule has 1 heterocycles. The van der Waals surface area contributed by atoms with Crippen LogP contribution in [0.2, 0.25) is 0 Å². The Labute approximate surface area is 162 Å². The molecule has 0 aliphatic rings. The second-order valence-corrected chi connectivity index (χ2v) is 6.64. The average molecular weight is 370 g/mol. The zero-order valence-electron chi connectivity index (χ0n) is 17.1. The first-order chi connectivity index (χ1) is 13.0. The summed E-state index contributed by atoms with van der Waals surface area (Å²) < 4.78 is 0. The molecule has 27 heavy (non-hydrogen) atoms. The monoisotopic (exact) mass is 369 g/mol. The van der Waals surface area contributed by atoms with E-state index in [4.69, 9.17) is 0 Å². The summed E-state index contributed by atoms with van der Waals surface area (Å²) in [5.74, 6) is 0.367. The van der Waals surface area contributed by atoms with Gasteiger partial charge < -0.3 is 15.1 Å². The number of nitrogens with zero attached hydrogens (tertiary/aromatic N) is 4. The Morgan fingerprint density at radius 3 is 2.33 bits per heavy atom. The van der Waals surface area contributed by atoms with Crippen LogP contribution in [-0.2, 0) is 0 Å². The van der Waals surface area contributed by atoms with E-state index in [1.165, 1.54) is 0 Å². The molecule has 0 radical (unpaired) electrons. The lowest BCUT2D eigenvalue weighted by Crippen LogP contribution is -2.23. The first-order valence-corrected chi connectivity index (χ1v) is 9.71. The molecule has 0 atom stereocenters. The molecule has 6 nitrogen and oxygen atoms in total. The summed E-state index contributed by atoms with van der Waals surface area (Å²) in [6.45, 7) is 11.1. The van der Waals surface area contributed by atoms with E-state index in [-0.39, 0.29) is 5.91 Å². The van der Waals surface area contributed by atoms with Crippen molar-refractivity contribution in [3.63, 3.8) is 0 Å². The van der Waals surface area contributed by atoms with Crippen LogP contribution in [0.4, 0.5) is 17.3 Å². The SMILES string of the molecule is CCCCN(C)c1nc(C)cc(C(=O)Nc2ccc(N(CC)CC)cc2)n1. The molecular formula is C21H31N5O. The molecule has 2 rings (SSSR count). The molecule has 0 aliphatic carbocycles. The number of anilines is 3. The van der Waals surface area contributed by atoms with Crippen molar-refractivity contribution < 1.29 is 4.79 Å². The van der Waals surface area contributed by atoms with Crippen LogP contribution in [0, 0.1) is 6.92 Å². The normalized spacial score (nSPS) is 10.6. The highest BCUT2D eigenvalue weighted by atomic mass is 16.1. The van der Waals surface area contributed by atoms with Crippen LogP contribution < -0.4 is 15.1 Å². The largest absolute Gasteiger partial charge is 0.372 e. The summed E-state index contributed by atoms with van der Waals surface area (Å²) in [6.07, 6.45) is 2.17. The number of rotatable bonds is 9. The van der Waals surface area contributed by atoms with Gasteiger partial charge in [0.2, 0.25) is 5.95 Å². The minimum absolute atomic E-state index is 0.221. The van der Waals surface area contributed by atoms with Crippen molar-refractivity contribution >= 4 is 23.2 Å². The summed E-state index contributed by atoms with van der Waals surface area (Å²) in [5, 5.41) is 2.93. The zero-order valence-corrected chi connectivity index (χ0v) is 17.1. The van der Waals surface area contributed by atoms with Gasteiger partial charge in [-0.3, -0.25) is 4.79 Å². The quantitative estimate of drug-likeness (QED) is 0.720. The van der Waals surface area contributed by atoms with Gasteiger partial charge in [-0.25, -0.2) is 9.97 Å².